The van der Waals surface area contributed by atoms with Crippen LogP contribution >= 0.6 is 113 Å². The van der Waals surface area contributed by atoms with Crippen LogP contribution in [-0.4, -0.2) is 166 Å². The van der Waals surface area contributed by atoms with Crippen LogP contribution in [-0.2, 0) is 9.59 Å². The molecule has 0 bridgehead atoms. The molecule has 19 nitrogen and oxygen atoms in total. The largest absolute Gasteiger partial charge is 0.394 e. The van der Waals surface area contributed by atoms with E-state index in [1.165, 1.54) is 14.1 Å². The number of anilines is 2. The number of amides is 6. The van der Waals surface area contributed by atoms with Gasteiger partial charge in [-0.05, 0) is 132 Å². The summed E-state index contributed by atoms with van der Waals surface area (Å²) in [4.78, 5) is 81.6. The van der Waals surface area contributed by atoms with Crippen LogP contribution in [0.2, 0.25) is 0 Å². The summed E-state index contributed by atoms with van der Waals surface area (Å²) in [6.45, 7) is -1.90. The van der Waals surface area contributed by atoms with Gasteiger partial charge in [0.15, 0.2) is 6.10 Å². The lowest BCUT2D eigenvalue weighted by Gasteiger charge is -2.24. The third kappa shape index (κ3) is 13.3. The summed E-state index contributed by atoms with van der Waals surface area (Å²) in [5, 5.41) is 77.4. The molecule has 6 amide bonds. The standard InChI is InChI=1S/C33H41I5N6O13/c1-13-18(22(34)20(25(37)27(13)41-17(52)12-48)32(56)43(2)7-14(49)9-45)30(54)39-5-4-6-40-31(55)19-23(35)21(33(57)44(3)8-15(50)10-46)26(38)28(24(19)36)42-29(53)16(51)11-47/h14-16,45-51H,4-12H2,1-3H3,(H,39,54)(H,40,55)(H,41,52)(H,42,53). The molecule has 0 saturated carbocycles. The molecule has 3 atom stereocenters. The van der Waals surface area contributed by atoms with Gasteiger partial charge in [0.25, 0.3) is 29.5 Å². The summed E-state index contributed by atoms with van der Waals surface area (Å²) in [6.07, 6.45) is -4.11. The van der Waals surface area contributed by atoms with Crippen molar-refractivity contribution < 1.29 is 64.5 Å². The SMILES string of the molecule is Cc1c(NC(=O)CO)c(I)c(C(=O)N(C)CC(O)CO)c(I)c1C(=O)NCCCNC(=O)c1c(I)c(NC(=O)C(O)CO)c(I)c(C(=O)N(C)CC(O)CO)c1I. The molecule has 2 rings (SSSR count). The minimum absolute atomic E-state index is 0.00363. The molecule has 0 aromatic heterocycles. The van der Waals surface area contributed by atoms with Crippen LogP contribution in [0.1, 0.15) is 53.4 Å². The summed E-state index contributed by atoms with van der Waals surface area (Å²) >= 11 is 9.09. The first kappa shape index (κ1) is 51.8. The molecule has 316 valence electrons. The van der Waals surface area contributed by atoms with Crippen LogP contribution in [0, 0.1) is 24.8 Å². The number of aliphatic hydroxyl groups excluding tert-OH is 7. The molecule has 0 saturated heterocycles. The van der Waals surface area contributed by atoms with Crippen LogP contribution in [0.15, 0.2) is 0 Å². The van der Waals surface area contributed by atoms with Crippen molar-refractivity contribution in [3.05, 3.63) is 45.7 Å². The van der Waals surface area contributed by atoms with E-state index < -0.39 is 80.2 Å². The third-order valence-corrected chi connectivity index (χ3v) is 13.4. The number of hydrogen-bond donors (Lipinski definition) is 11. The molecule has 0 spiro atoms. The zero-order valence-corrected chi connectivity index (χ0v) is 41.2. The first-order chi connectivity index (χ1) is 26.7. The van der Waals surface area contributed by atoms with Gasteiger partial charge in [0.05, 0.1) is 76.4 Å². The number of carbonyl (C=O) groups is 6. The van der Waals surface area contributed by atoms with Crippen molar-refractivity contribution in [3.63, 3.8) is 0 Å². The molecule has 2 aromatic carbocycles. The van der Waals surface area contributed by atoms with Gasteiger partial charge in [-0.15, -0.1) is 0 Å². The predicted octanol–water partition coefficient (Wildman–Crippen LogP) is -0.359. The van der Waals surface area contributed by atoms with Gasteiger partial charge in [0.1, 0.15) is 6.61 Å². The number of nitrogens with one attached hydrogen (secondary N) is 4. The van der Waals surface area contributed by atoms with E-state index in [0.29, 0.717) is 5.56 Å². The van der Waals surface area contributed by atoms with Crippen LogP contribution in [0.5, 0.6) is 0 Å². The number of carbonyl (C=O) groups excluding carboxylic acids is 6. The second-order valence-electron chi connectivity index (χ2n) is 12.2. The molecular weight excluding hydrogens is 1320 g/mol. The van der Waals surface area contributed by atoms with Crippen molar-refractivity contribution in [3.8, 4) is 0 Å². The fourth-order valence-electron chi connectivity index (χ4n) is 5.00. The number of halogens is 5. The van der Waals surface area contributed by atoms with Gasteiger partial charge in [-0.2, -0.15) is 0 Å². The van der Waals surface area contributed by atoms with Gasteiger partial charge in [0.2, 0.25) is 5.91 Å². The fourth-order valence-corrected chi connectivity index (χ4v) is 12.1. The van der Waals surface area contributed by atoms with E-state index >= 15 is 0 Å². The quantitative estimate of drug-likeness (QED) is 0.0634. The molecule has 0 radical (unpaired) electrons. The number of hydrogen-bond acceptors (Lipinski definition) is 13. The highest BCUT2D eigenvalue weighted by molar-refractivity contribution is 14.1. The van der Waals surface area contributed by atoms with E-state index in [1.54, 1.807) is 52.1 Å². The Balaban J connectivity index is 2.41. The molecule has 3 unspecified atom stereocenters. The summed E-state index contributed by atoms with van der Waals surface area (Å²) in [5.41, 5.74) is 0.484. The normalized spacial score (nSPS) is 12.6. The average Bonchev–Trinajstić information content (AvgIpc) is 3.16. The summed E-state index contributed by atoms with van der Waals surface area (Å²) < 4.78 is 1.11. The van der Waals surface area contributed by atoms with Crippen LogP contribution in [0.3, 0.4) is 0 Å². The lowest BCUT2D eigenvalue weighted by Crippen LogP contribution is -2.38. The molecule has 24 heteroatoms. The van der Waals surface area contributed by atoms with E-state index in [9.17, 15) is 64.5 Å². The van der Waals surface area contributed by atoms with Gasteiger partial charge in [-0.25, -0.2) is 0 Å². The highest BCUT2D eigenvalue weighted by Crippen LogP contribution is 2.37. The maximum absolute atomic E-state index is 13.7. The molecule has 11 N–H and O–H groups in total. The maximum atomic E-state index is 13.7. The van der Waals surface area contributed by atoms with E-state index in [-0.39, 0.29) is 84.1 Å². The first-order valence-corrected chi connectivity index (χ1v) is 22.0. The average molecular weight is 1360 g/mol. The summed E-state index contributed by atoms with van der Waals surface area (Å²) in [7, 11) is 2.77. The van der Waals surface area contributed by atoms with Crippen molar-refractivity contribution in [2.45, 2.75) is 31.7 Å². The lowest BCUT2D eigenvalue weighted by molar-refractivity contribution is -0.125. The zero-order chi connectivity index (χ0) is 43.5. The lowest BCUT2D eigenvalue weighted by atomic mass is 10.0. The van der Waals surface area contributed by atoms with Gasteiger partial charge in [0, 0.05) is 47.4 Å². The van der Waals surface area contributed by atoms with Crippen molar-refractivity contribution in [1.29, 1.82) is 0 Å². The number of nitrogens with zero attached hydrogens (tertiary/aromatic N) is 2. The van der Waals surface area contributed by atoms with Crippen molar-refractivity contribution in [2.75, 3.05) is 77.3 Å². The van der Waals surface area contributed by atoms with Crippen molar-refractivity contribution in [1.82, 2.24) is 20.4 Å². The van der Waals surface area contributed by atoms with E-state index in [0.717, 1.165) is 9.80 Å². The Bertz CT molecular complexity index is 1870. The van der Waals surface area contributed by atoms with Gasteiger partial charge in [-0.1, -0.05) is 0 Å². The van der Waals surface area contributed by atoms with Crippen LogP contribution in [0.4, 0.5) is 11.4 Å². The van der Waals surface area contributed by atoms with Crippen molar-refractivity contribution in [2.24, 2.45) is 0 Å². The van der Waals surface area contributed by atoms with Gasteiger partial charge in [-0.3, -0.25) is 28.8 Å². The number of aliphatic hydroxyl groups is 7. The van der Waals surface area contributed by atoms with E-state index in [2.05, 4.69) is 21.3 Å². The monoisotopic (exact) mass is 1360 g/mol. The Morgan fingerprint density at radius 3 is 1.46 bits per heavy atom. The first-order valence-electron chi connectivity index (χ1n) is 16.6. The topological polar surface area (TPSA) is 299 Å². The maximum Gasteiger partial charge on any atom is 0.255 e. The van der Waals surface area contributed by atoms with Crippen molar-refractivity contribution >= 4 is 160 Å². The molecule has 0 aliphatic carbocycles. The number of rotatable bonds is 19. The van der Waals surface area contributed by atoms with Crippen LogP contribution in [0.25, 0.3) is 0 Å². The Hall–Kier alpha value is -1.37. The van der Waals surface area contributed by atoms with E-state index in [1.807, 2.05) is 67.8 Å². The Labute approximate surface area is 395 Å². The van der Waals surface area contributed by atoms with Crippen LogP contribution < -0.4 is 21.3 Å². The fraction of sp³-hybridized carbons (Fsp3) is 0.455. The molecule has 57 heavy (non-hydrogen) atoms. The molecule has 0 fully saturated rings. The smallest absolute Gasteiger partial charge is 0.255 e. The van der Waals surface area contributed by atoms with E-state index in [4.69, 9.17) is 0 Å². The summed E-state index contributed by atoms with van der Waals surface area (Å²) in [5.74, 6) is -4.34. The second-order valence-corrected chi connectivity index (χ2v) is 17.6. The second kappa shape index (κ2) is 24.2. The number of likely N-dealkylation sites (N-methyl/N-ethyl adjacent to an activating group) is 2. The molecule has 0 aliphatic rings. The van der Waals surface area contributed by atoms with Gasteiger partial charge < -0.3 is 66.8 Å². The highest BCUT2D eigenvalue weighted by atomic mass is 127. The Kier molecular flexibility index (Phi) is 22.0. The minimum atomic E-state index is -1.80. The van der Waals surface area contributed by atoms with Gasteiger partial charge >= 0.3 is 0 Å². The molecular formula is C33H41I5N6O13. The Morgan fingerprint density at radius 2 is 1.02 bits per heavy atom. The zero-order valence-electron chi connectivity index (χ0n) is 30.5. The Morgan fingerprint density at radius 1 is 0.596 bits per heavy atom. The molecule has 0 heterocycles. The summed E-state index contributed by atoms with van der Waals surface area (Å²) in [6, 6.07) is 0. The predicted molar refractivity (Wildman–Crippen MR) is 248 cm³/mol. The molecule has 0 aliphatic heterocycles. The highest BCUT2D eigenvalue weighted by Gasteiger charge is 2.32. The minimum Gasteiger partial charge on any atom is -0.394 e. The molecule has 2 aromatic rings. The number of benzene rings is 2. The third-order valence-electron chi connectivity index (χ3n) is 7.97.